The summed E-state index contributed by atoms with van der Waals surface area (Å²) in [7, 11) is 4.03. The Hall–Kier alpha value is -1.70. The summed E-state index contributed by atoms with van der Waals surface area (Å²) in [4.78, 5) is 0. The van der Waals surface area contributed by atoms with Gasteiger partial charge in [0.05, 0.1) is 19.7 Å². The van der Waals surface area contributed by atoms with Gasteiger partial charge in [0.25, 0.3) is 5.82 Å². The molecule has 8 heteroatoms. The molecule has 0 N–H and O–H groups in total. The summed E-state index contributed by atoms with van der Waals surface area (Å²) in [6, 6.07) is 1.88. The molecule has 0 amide bonds. The Morgan fingerprint density at radius 1 is 1.33 bits per heavy atom. The molecule has 0 bridgehead atoms. The molecule has 96 valence electrons. The topological polar surface area (TPSA) is 43.1 Å². The summed E-state index contributed by atoms with van der Waals surface area (Å²) in [5, 5.41) is 10.5. The molecular weight excluding hydrogens is 247 g/mol. The smallest absolute Gasteiger partial charge is 0.312 e. The second-order valence-electron chi connectivity index (χ2n) is 5.02. The van der Waals surface area contributed by atoms with Crippen LogP contribution in [0.4, 0.5) is 13.2 Å². The highest BCUT2D eigenvalue weighted by Gasteiger charge is 2.50. The van der Waals surface area contributed by atoms with Gasteiger partial charge in [0.15, 0.2) is 11.7 Å². The van der Waals surface area contributed by atoms with E-state index in [1.165, 1.54) is 6.20 Å². The van der Waals surface area contributed by atoms with E-state index in [1.807, 2.05) is 14.1 Å². The van der Waals surface area contributed by atoms with E-state index in [9.17, 15) is 13.2 Å². The molecule has 3 rings (SSSR count). The summed E-state index contributed by atoms with van der Waals surface area (Å²) >= 11 is 0. The van der Waals surface area contributed by atoms with Crippen molar-refractivity contribution in [2.24, 2.45) is 0 Å². The maximum Gasteiger partial charge on any atom is 0.453 e. The number of halogens is 3. The number of fused-ring (bicyclic) bond motifs is 1. The molecule has 2 aromatic heterocycles. The van der Waals surface area contributed by atoms with Crippen molar-refractivity contribution in [2.75, 3.05) is 20.6 Å². The van der Waals surface area contributed by atoms with Crippen molar-refractivity contribution in [1.82, 2.24) is 19.8 Å². The van der Waals surface area contributed by atoms with Crippen LogP contribution in [-0.4, -0.2) is 44.9 Å². The van der Waals surface area contributed by atoms with Crippen LogP contribution in [0.25, 0.3) is 5.65 Å². The predicted molar refractivity (Wildman–Crippen MR) is 55.5 cm³/mol. The zero-order valence-corrected chi connectivity index (χ0v) is 9.81. The molecule has 1 unspecified atom stereocenters. The minimum absolute atomic E-state index is 0.167. The molecule has 2 aromatic rings. The lowest BCUT2D eigenvalue weighted by Gasteiger charge is -2.07. The molecule has 0 spiro atoms. The monoisotopic (exact) mass is 258 g/mol. The predicted octanol–water partition coefficient (Wildman–Crippen LogP) is 1.27. The van der Waals surface area contributed by atoms with Crippen molar-refractivity contribution in [2.45, 2.75) is 12.2 Å². The standard InChI is InChI=1S/C10H11F3N5/c1-18(2)5-7(18)6-3-4-14-17-8(6)15-16-9(17)10(11,12)13/h3-4,7H,5H2,1-2H3/q+1. The van der Waals surface area contributed by atoms with Gasteiger partial charge in [-0.3, -0.25) is 0 Å². The van der Waals surface area contributed by atoms with Gasteiger partial charge in [0.2, 0.25) is 0 Å². The van der Waals surface area contributed by atoms with E-state index < -0.39 is 12.0 Å². The molecule has 1 aliphatic rings. The van der Waals surface area contributed by atoms with Gasteiger partial charge in [0.1, 0.15) is 6.54 Å². The fourth-order valence-corrected chi connectivity index (χ4v) is 2.13. The van der Waals surface area contributed by atoms with Crippen LogP contribution in [0.2, 0.25) is 0 Å². The quantitative estimate of drug-likeness (QED) is 0.571. The molecule has 0 saturated carbocycles. The Kier molecular flexibility index (Phi) is 2.02. The van der Waals surface area contributed by atoms with Crippen LogP contribution in [-0.2, 0) is 6.18 Å². The van der Waals surface area contributed by atoms with Crippen LogP contribution in [0.15, 0.2) is 12.3 Å². The zero-order chi connectivity index (χ0) is 13.1. The number of hydrogen-bond donors (Lipinski definition) is 0. The molecule has 1 aliphatic heterocycles. The van der Waals surface area contributed by atoms with Crippen molar-refractivity contribution in [3.8, 4) is 0 Å². The highest BCUT2D eigenvalue weighted by atomic mass is 19.4. The molecule has 1 saturated heterocycles. The first kappa shape index (κ1) is 11.4. The average molecular weight is 258 g/mol. The van der Waals surface area contributed by atoms with E-state index in [0.29, 0.717) is 0 Å². The maximum absolute atomic E-state index is 12.7. The number of nitrogens with zero attached hydrogens (tertiary/aromatic N) is 5. The van der Waals surface area contributed by atoms with E-state index in [-0.39, 0.29) is 11.7 Å². The van der Waals surface area contributed by atoms with E-state index in [2.05, 4.69) is 15.3 Å². The first-order chi connectivity index (χ1) is 8.31. The molecule has 5 nitrogen and oxygen atoms in total. The van der Waals surface area contributed by atoms with Gasteiger partial charge in [-0.15, -0.1) is 10.2 Å². The molecule has 0 radical (unpaired) electrons. The van der Waals surface area contributed by atoms with Gasteiger partial charge in [-0.25, -0.2) is 0 Å². The van der Waals surface area contributed by atoms with Gasteiger partial charge >= 0.3 is 6.18 Å². The minimum atomic E-state index is -4.54. The summed E-state index contributed by atoms with van der Waals surface area (Å²) in [6.45, 7) is 0.883. The lowest BCUT2D eigenvalue weighted by Crippen LogP contribution is -2.14. The SMILES string of the molecule is C[N+]1(C)CC1c1ccnn2c(C(F)(F)F)nnc12. The molecule has 1 atom stereocenters. The number of likely N-dealkylation sites (N-methyl/N-ethyl adjacent to an activating group) is 1. The van der Waals surface area contributed by atoms with Gasteiger partial charge < -0.3 is 4.48 Å². The normalized spacial score (nSPS) is 22.4. The molecule has 0 aliphatic carbocycles. The van der Waals surface area contributed by atoms with Crippen molar-refractivity contribution < 1.29 is 17.7 Å². The molecule has 0 aromatic carbocycles. The fraction of sp³-hybridized carbons (Fsp3) is 0.500. The van der Waals surface area contributed by atoms with E-state index in [0.717, 1.165) is 21.1 Å². The molecule has 3 heterocycles. The zero-order valence-electron chi connectivity index (χ0n) is 9.81. The second-order valence-corrected chi connectivity index (χ2v) is 5.02. The molecule has 18 heavy (non-hydrogen) atoms. The van der Waals surface area contributed by atoms with Gasteiger partial charge in [-0.05, 0) is 6.07 Å². The van der Waals surface area contributed by atoms with Gasteiger partial charge in [-0.2, -0.15) is 22.8 Å². The van der Waals surface area contributed by atoms with Crippen molar-refractivity contribution in [3.05, 3.63) is 23.7 Å². The number of quaternary nitrogens is 1. The first-order valence-corrected chi connectivity index (χ1v) is 5.41. The first-order valence-electron chi connectivity index (χ1n) is 5.41. The summed E-state index contributed by atoms with van der Waals surface area (Å²) in [6.07, 6.45) is -3.18. The number of hydrogen-bond acceptors (Lipinski definition) is 3. The van der Waals surface area contributed by atoms with Crippen molar-refractivity contribution in [1.29, 1.82) is 0 Å². The third kappa shape index (κ3) is 1.56. The number of aromatic nitrogens is 4. The van der Waals surface area contributed by atoms with Crippen molar-refractivity contribution in [3.63, 3.8) is 0 Å². The third-order valence-corrected chi connectivity index (χ3v) is 3.30. The lowest BCUT2D eigenvalue weighted by molar-refractivity contribution is -0.772. The van der Waals surface area contributed by atoms with Crippen LogP contribution in [0.1, 0.15) is 17.4 Å². The lowest BCUT2D eigenvalue weighted by atomic mass is 10.2. The maximum atomic E-state index is 12.7. The van der Waals surface area contributed by atoms with Crippen LogP contribution in [0.5, 0.6) is 0 Å². The largest absolute Gasteiger partial charge is 0.453 e. The van der Waals surface area contributed by atoms with E-state index >= 15 is 0 Å². The fourth-order valence-electron chi connectivity index (χ4n) is 2.13. The van der Waals surface area contributed by atoms with Crippen LogP contribution >= 0.6 is 0 Å². The third-order valence-electron chi connectivity index (χ3n) is 3.30. The molecule has 1 fully saturated rings. The van der Waals surface area contributed by atoms with Gasteiger partial charge in [-0.1, -0.05) is 0 Å². The Morgan fingerprint density at radius 3 is 2.56 bits per heavy atom. The summed E-state index contributed by atoms with van der Waals surface area (Å²) in [5.74, 6) is -1.08. The van der Waals surface area contributed by atoms with E-state index in [4.69, 9.17) is 0 Å². The van der Waals surface area contributed by atoms with Crippen LogP contribution in [0.3, 0.4) is 0 Å². The second kappa shape index (κ2) is 3.19. The summed E-state index contributed by atoms with van der Waals surface area (Å²) < 4.78 is 39.6. The number of rotatable bonds is 1. The van der Waals surface area contributed by atoms with Crippen LogP contribution < -0.4 is 0 Å². The number of alkyl halides is 3. The Labute approximate surface area is 100 Å². The van der Waals surface area contributed by atoms with Gasteiger partial charge in [0, 0.05) is 6.20 Å². The Morgan fingerprint density at radius 2 is 2.00 bits per heavy atom. The molecular formula is C10H11F3N5+. The van der Waals surface area contributed by atoms with Crippen molar-refractivity contribution >= 4 is 5.65 Å². The Balaban J connectivity index is 2.17. The van der Waals surface area contributed by atoms with Crippen LogP contribution in [0, 0.1) is 0 Å². The highest BCUT2D eigenvalue weighted by Crippen LogP contribution is 2.41. The summed E-state index contributed by atoms with van der Waals surface area (Å²) in [5.41, 5.74) is 0.955. The highest BCUT2D eigenvalue weighted by molar-refractivity contribution is 5.48. The minimum Gasteiger partial charge on any atom is -0.312 e. The average Bonchev–Trinajstić information content (AvgIpc) is 2.73. The van der Waals surface area contributed by atoms with E-state index in [1.54, 1.807) is 6.07 Å². The Bertz CT molecular complexity index is 615.